The van der Waals surface area contributed by atoms with Crippen LogP contribution in [0.2, 0.25) is 10.2 Å². The molecule has 2 atom stereocenters. The summed E-state index contributed by atoms with van der Waals surface area (Å²) in [5, 5.41) is 16.8. The number of piperidine rings is 1. The largest absolute Gasteiger partial charge is 0.598 e. The number of halogens is 2. The fourth-order valence-corrected chi connectivity index (χ4v) is 8.33. The Morgan fingerprint density at radius 3 is 2.57 bits per heavy atom. The molecule has 1 aliphatic heterocycles. The molecule has 0 radical (unpaired) electrons. The minimum Gasteiger partial charge on any atom is -0.598 e. The molecule has 0 amide bonds. The van der Waals surface area contributed by atoms with Crippen LogP contribution >= 0.6 is 23.2 Å². The summed E-state index contributed by atoms with van der Waals surface area (Å²) in [7, 11) is 1.77. The molecule has 226 valence electrons. The van der Waals surface area contributed by atoms with E-state index in [1.807, 2.05) is 39.1 Å². The zero-order valence-electron chi connectivity index (χ0n) is 24.9. The van der Waals surface area contributed by atoms with Crippen LogP contribution in [0.1, 0.15) is 56.5 Å². The van der Waals surface area contributed by atoms with Gasteiger partial charge in [-0.1, -0.05) is 53.5 Å². The normalized spacial score (nSPS) is 18.7. The molecule has 5 aromatic rings. The van der Waals surface area contributed by atoms with E-state index in [2.05, 4.69) is 50.0 Å². The summed E-state index contributed by atoms with van der Waals surface area (Å²) in [6, 6.07) is 14.5. The number of hydrogen-bond acceptors (Lipinski definition) is 7. The van der Waals surface area contributed by atoms with Gasteiger partial charge in [-0.05, 0) is 57.2 Å². The summed E-state index contributed by atoms with van der Waals surface area (Å²) < 4.78 is 18.0. The van der Waals surface area contributed by atoms with Crippen LogP contribution in [0, 0.1) is 16.7 Å². The molecule has 3 aromatic heterocycles. The van der Waals surface area contributed by atoms with Crippen molar-refractivity contribution >= 4 is 62.4 Å². The molecule has 12 heteroatoms. The maximum atomic E-state index is 13.3. The van der Waals surface area contributed by atoms with Crippen molar-refractivity contribution in [1.29, 1.82) is 5.26 Å². The van der Waals surface area contributed by atoms with Gasteiger partial charge in [0, 0.05) is 54.2 Å². The van der Waals surface area contributed by atoms with E-state index in [9.17, 15) is 9.81 Å². The van der Waals surface area contributed by atoms with Gasteiger partial charge in [-0.3, -0.25) is 4.68 Å². The van der Waals surface area contributed by atoms with E-state index in [4.69, 9.17) is 33.2 Å². The van der Waals surface area contributed by atoms with E-state index < -0.39 is 11.4 Å². The Morgan fingerprint density at radius 2 is 1.84 bits per heavy atom. The zero-order valence-corrected chi connectivity index (χ0v) is 27.2. The number of anilines is 1. The predicted molar refractivity (Wildman–Crippen MR) is 176 cm³/mol. The van der Waals surface area contributed by atoms with Crippen LogP contribution in [0.25, 0.3) is 33.1 Å². The predicted octanol–water partition coefficient (Wildman–Crippen LogP) is 6.63. The molecular formula is C32H32Cl2N8OS. The van der Waals surface area contributed by atoms with Crippen LogP contribution in [0.4, 0.5) is 5.95 Å². The summed E-state index contributed by atoms with van der Waals surface area (Å²) in [6.45, 7) is 7.44. The van der Waals surface area contributed by atoms with Crippen LogP contribution in [-0.4, -0.2) is 47.1 Å². The van der Waals surface area contributed by atoms with Crippen molar-refractivity contribution in [1.82, 2.24) is 29.5 Å². The lowest BCUT2D eigenvalue weighted by Crippen LogP contribution is -2.50. The zero-order chi connectivity index (χ0) is 31.0. The molecular weight excluding hydrogens is 615 g/mol. The molecule has 44 heavy (non-hydrogen) atoms. The first-order valence-corrected chi connectivity index (χ1v) is 16.5. The van der Waals surface area contributed by atoms with Gasteiger partial charge in [-0.15, -0.1) is 4.72 Å². The fraction of sp³-hybridized carbons (Fsp3) is 0.375. The lowest BCUT2D eigenvalue weighted by atomic mass is 9.73. The number of aromatic nitrogens is 5. The Hall–Kier alpha value is -3.33. The third kappa shape index (κ3) is 4.65. The number of nitrogens with zero attached hydrogens (tertiary/aromatic N) is 6. The maximum absolute atomic E-state index is 13.3. The van der Waals surface area contributed by atoms with Crippen molar-refractivity contribution in [2.75, 3.05) is 18.0 Å². The molecule has 9 nitrogen and oxygen atoms in total. The van der Waals surface area contributed by atoms with Crippen LogP contribution in [0.5, 0.6) is 0 Å². The first-order valence-electron chi connectivity index (χ1n) is 14.6. The minimum atomic E-state index is -1.20. The number of hydrogen-bond donors (Lipinski definition) is 2. The molecule has 2 aliphatic rings. The average molecular weight is 648 g/mol. The average Bonchev–Trinajstić information content (AvgIpc) is 3.65. The highest BCUT2D eigenvalue weighted by molar-refractivity contribution is 7.90. The number of nitrogens with one attached hydrogen (secondary N) is 2. The van der Waals surface area contributed by atoms with E-state index in [-0.39, 0.29) is 21.9 Å². The molecule has 2 aromatic carbocycles. The van der Waals surface area contributed by atoms with Crippen molar-refractivity contribution in [3.8, 4) is 17.2 Å². The van der Waals surface area contributed by atoms with Crippen LogP contribution in [-0.2, 0) is 24.8 Å². The number of aromatic amines is 1. The molecule has 1 fully saturated rings. The second-order valence-corrected chi connectivity index (χ2v) is 15.5. The molecule has 4 heterocycles. The van der Waals surface area contributed by atoms with Gasteiger partial charge in [0.1, 0.15) is 21.6 Å². The second kappa shape index (κ2) is 10.6. The molecule has 7 rings (SSSR count). The summed E-state index contributed by atoms with van der Waals surface area (Å²) in [5.74, 6) is 0.521. The fourth-order valence-electron chi connectivity index (χ4n) is 6.75. The second-order valence-electron chi connectivity index (χ2n) is 12.8. The highest BCUT2D eigenvalue weighted by Gasteiger charge is 2.50. The standard InChI is InChI=1S/C32H32Cl2N8OS/c1-31(2,3)44(43)40-27-19-8-6-5-7-18(19)15-32(27)11-13-42(14-12-32)30-37-23(16-35)24-21(17-36-29(24)38-30)20-9-10-22-25(26(20)33)28(34)41(4)39-22/h5-10,17,27,40H,11-15H2,1-4H3,(H,36,37,38)/t27-,44-/m1/s1. The molecule has 1 saturated heterocycles. The van der Waals surface area contributed by atoms with Crippen LogP contribution < -0.4 is 9.62 Å². The lowest BCUT2D eigenvalue weighted by Gasteiger charge is -2.43. The summed E-state index contributed by atoms with van der Waals surface area (Å²) in [5.41, 5.74) is 5.50. The van der Waals surface area contributed by atoms with Gasteiger partial charge >= 0.3 is 0 Å². The minimum absolute atomic E-state index is 0.000321. The van der Waals surface area contributed by atoms with Crippen molar-refractivity contribution in [3.05, 3.63) is 69.6 Å². The highest BCUT2D eigenvalue weighted by atomic mass is 35.5. The number of aryl methyl sites for hydroxylation is 1. The van der Waals surface area contributed by atoms with Gasteiger partial charge < -0.3 is 14.4 Å². The molecule has 0 saturated carbocycles. The summed E-state index contributed by atoms with van der Waals surface area (Å²) in [6.07, 6.45) is 4.50. The Labute approximate surface area is 268 Å². The van der Waals surface area contributed by atoms with Gasteiger partial charge in [0.15, 0.2) is 5.69 Å². The molecule has 1 spiro atoms. The van der Waals surface area contributed by atoms with Crippen molar-refractivity contribution in [3.63, 3.8) is 0 Å². The van der Waals surface area contributed by atoms with Crippen LogP contribution in [0.15, 0.2) is 42.6 Å². The Morgan fingerprint density at radius 1 is 1.09 bits per heavy atom. The van der Waals surface area contributed by atoms with Gasteiger partial charge in [0.2, 0.25) is 5.95 Å². The van der Waals surface area contributed by atoms with Gasteiger partial charge in [0.05, 0.1) is 27.4 Å². The van der Waals surface area contributed by atoms with Crippen molar-refractivity contribution in [2.24, 2.45) is 12.5 Å². The topological polar surface area (TPSA) is 122 Å². The number of H-pyrrole nitrogens is 1. The number of benzene rings is 2. The quantitative estimate of drug-likeness (QED) is 0.210. The Balaban J connectivity index is 1.19. The summed E-state index contributed by atoms with van der Waals surface area (Å²) >= 11 is 12.1. The van der Waals surface area contributed by atoms with Gasteiger partial charge in [-0.25, -0.2) is 4.98 Å². The Bertz CT molecular complexity index is 1970. The van der Waals surface area contributed by atoms with Gasteiger partial charge in [0.25, 0.3) is 0 Å². The Kier molecular flexibility index (Phi) is 7.11. The van der Waals surface area contributed by atoms with Crippen molar-refractivity contribution < 1.29 is 4.55 Å². The SMILES string of the molecule is Cn1nc2ccc(-c3c[nH]c4nc(N5CCC6(CC5)Cc5ccccc5[C@H]6N[S@+]([O-])C(C)(C)C)nc(C#N)c34)c(Cl)c2c1Cl. The summed E-state index contributed by atoms with van der Waals surface area (Å²) in [4.78, 5) is 15.0. The highest BCUT2D eigenvalue weighted by Crippen LogP contribution is 2.53. The smallest absolute Gasteiger partial charge is 0.228 e. The lowest BCUT2D eigenvalue weighted by molar-refractivity contribution is 0.175. The number of nitriles is 1. The van der Waals surface area contributed by atoms with E-state index >= 15 is 0 Å². The van der Waals surface area contributed by atoms with Crippen molar-refractivity contribution in [2.45, 2.75) is 50.8 Å². The first kappa shape index (κ1) is 29.4. The molecule has 1 aliphatic carbocycles. The number of rotatable bonds is 4. The van der Waals surface area contributed by atoms with E-state index in [1.165, 1.54) is 11.1 Å². The third-order valence-electron chi connectivity index (χ3n) is 9.13. The van der Waals surface area contributed by atoms with Crippen LogP contribution in [0.3, 0.4) is 0 Å². The molecule has 0 unspecified atom stereocenters. The molecule has 0 bridgehead atoms. The van der Waals surface area contributed by atoms with E-state index in [0.29, 0.717) is 38.1 Å². The van der Waals surface area contributed by atoms with Gasteiger partial charge in [-0.2, -0.15) is 15.3 Å². The number of fused-ring (bicyclic) bond motifs is 3. The monoisotopic (exact) mass is 646 g/mol. The first-order chi connectivity index (χ1) is 21.0. The van der Waals surface area contributed by atoms with E-state index in [0.717, 1.165) is 43.5 Å². The molecule has 2 N–H and O–H groups in total. The maximum Gasteiger partial charge on any atom is 0.228 e. The van der Waals surface area contributed by atoms with E-state index in [1.54, 1.807) is 11.7 Å². The third-order valence-corrected chi connectivity index (χ3v) is 11.5.